The summed E-state index contributed by atoms with van der Waals surface area (Å²) in [6.45, 7) is 7.94. The van der Waals surface area contributed by atoms with Gasteiger partial charge in [0.05, 0.1) is 5.41 Å². The summed E-state index contributed by atoms with van der Waals surface area (Å²) in [7, 11) is 0. The van der Waals surface area contributed by atoms with Gasteiger partial charge < -0.3 is 5.73 Å². The molecule has 0 saturated heterocycles. The normalized spacial score (nSPS) is 11.4. The molecule has 20 heavy (non-hydrogen) atoms. The Morgan fingerprint density at radius 1 is 0.950 bits per heavy atom. The number of hydrogen-bond donors (Lipinski definition) is 1. The van der Waals surface area contributed by atoms with Crippen LogP contribution in [0.4, 0.5) is 5.69 Å². The van der Waals surface area contributed by atoms with Crippen molar-refractivity contribution in [3.05, 3.63) is 64.7 Å². The third-order valence-corrected chi connectivity index (χ3v) is 3.68. The molecule has 0 spiro atoms. The number of Topliss-reactive ketones (excluding diaryl/α,β-unsaturated/α-hetero) is 1. The molecule has 2 N–H and O–H groups in total. The van der Waals surface area contributed by atoms with Crippen molar-refractivity contribution in [2.75, 3.05) is 5.73 Å². The number of nitrogen functional groups attached to an aromatic ring is 1. The third kappa shape index (κ3) is 2.74. The molecule has 2 aromatic rings. The monoisotopic (exact) mass is 267 g/mol. The highest BCUT2D eigenvalue weighted by atomic mass is 16.1. The second kappa shape index (κ2) is 5.12. The maximum Gasteiger partial charge on any atom is 0.172 e. The molecule has 104 valence electrons. The highest BCUT2D eigenvalue weighted by molar-refractivity contribution is 6.03. The molecular formula is C18H21NO. The summed E-state index contributed by atoms with van der Waals surface area (Å²) >= 11 is 0. The van der Waals surface area contributed by atoms with Gasteiger partial charge >= 0.3 is 0 Å². The van der Waals surface area contributed by atoms with Crippen molar-refractivity contribution in [1.29, 1.82) is 0 Å². The van der Waals surface area contributed by atoms with E-state index in [1.54, 1.807) is 0 Å². The van der Waals surface area contributed by atoms with Crippen LogP contribution in [0.2, 0.25) is 0 Å². The first-order valence-electron chi connectivity index (χ1n) is 6.80. The molecule has 0 atom stereocenters. The minimum absolute atomic E-state index is 0.133. The van der Waals surface area contributed by atoms with Crippen LogP contribution < -0.4 is 5.73 Å². The lowest BCUT2D eigenvalue weighted by atomic mass is 9.77. The first-order chi connectivity index (χ1) is 9.30. The van der Waals surface area contributed by atoms with Crippen LogP contribution >= 0.6 is 0 Å². The number of aryl methyl sites for hydroxylation is 2. The summed E-state index contributed by atoms with van der Waals surface area (Å²) in [6.07, 6.45) is 0. The summed E-state index contributed by atoms with van der Waals surface area (Å²) in [5.74, 6) is 0.133. The van der Waals surface area contributed by atoms with Crippen molar-refractivity contribution < 1.29 is 4.79 Å². The lowest BCUT2D eigenvalue weighted by Crippen LogP contribution is -2.29. The van der Waals surface area contributed by atoms with Crippen LogP contribution in [0, 0.1) is 13.8 Å². The van der Waals surface area contributed by atoms with E-state index >= 15 is 0 Å². The molecule has 0 aromatic heterocycles. The quantitative estimate of drug-likeness (QED) is 0.673. The molecule has 0 unspecified atom stereocenters. The van der Waals surface area contributed by atoms with Crippen LogP contribution in [-0.4, -0.2) is 5.78 Å². The number of rotatable bonds is 3. The Morgan fingerprint density at radius 3 is 1.95 bits per heavy atom. The summed E-state index contributed by atoms with van der Waals surface area (Å²) in [6, 6.07) is 13.5. The molecule has 0 aliphatic heterocycles. The van der Waals surface area contributed by atoms with Crippen molar-refractivity contribution in [1.82, 2.24) is 0 Å². The van der Waals surface area contributed by atoms with Crippen molar-refractivity contribution in [2.45, 2.75) is 33.1 Å². The van der Waals surface area contributed by atoms with E-state index in [0.29, 0.717) is 5.69 Å². The van der Waals surface area contributed by atoms with Crippen LogP contribution in [0.5, 0.6) is 0 Å². The Kier molecular flexibility index (Phi) is 3.67. The Morgan fingerprint density at radius 2 is 1.45 bits per heavy atom. The molecule has 0 fully saturated rings. The molecule has 2 nitrogen and oxygen atoms in total. The number of carbonyl (C=O) groups excluding carboxylic acids is 1. The van der Waals surface area contributed by atoms with Crippen LogP contribution in [0.3, 0.4) is 0 Å². The summed E-state index contributed by atoms with van der Waals surface area (Å²) < 4.78 is 0. The van der Waals surface area contributed by atoms with Crippen LogP contribution in [-0.2, 0) is 5.41 Å². The second-order valence-corrected chi connectivity index (χ2v) is 5.95. The lowest BCUT2D eigenvalue weighted by Gasteiger charge is -2.24. The van der Waals surface area contributed by atoms with Crippen molar-refractivity contribution in [2.24, 2.45) is 0 Å². The molecule has 0 saturated carbocycles. The largest absolute Gasteiger partial charge is 0.399 e. The average molecular weight is 267 g/mol. The van der Waals surface area contributed by atoms with Gasteiger partial charge in [0.25, 0.3) is 0 Å². The van der Waals surface area contributed by atoms with E-state index < -0.39 is 5.41 Å². The zero-order valence-corrected chi connectivity index (χ0v) is 12.5. The topological polar surface area (TPSA) is 43.1 Å². The number of ketones is 1. The predicted molar refractivity (Wildman–Crippen MR) is 84.1 cm³/mol. The molecule has 2 rings (SSSR count). The van der Waals surface area contributed by atoms with Crippen molar-refractivity contribution >= 4 is 11.5 Å². The second-order valence-electron chi connectivity index (χ2n) is 5.95. The Bertz CT molecular complexity index is 619. The van der Waals surface area contributed by atoms with Gasteiger partial charge in [0.15, 0.2) is 5.78 Å². The van der Waals surface area contributed by atoms with Gasteiger partial charge in [-0.25, -0.2) is 0 Å². The highest BCUT2D eigenvalue weighted by Crippen LogP contribution is 2.29. The minimum atomic E-state index is -0.562. The Labute approximate surface area is 120 Å². The molecule has 2 aromatic carbocycles. The van der Waals surface area contributed by atoms with Crippen molar-refractivity contribution in [3.63, 3.8) is 0 Å². The molecule has 2 heteroatoms. The van der Waals surface area contributed by atoms with Crippen molar-refractivity contribution in [3.8, 4) is 0 Å². The SMILES string of the molecule is Cc1cc(C)cc(C(=O)C(C)(C)c2ccc(N)cc2)c1. The number of hydrogen-bond acceptors (Lipinski definition) is 2. The molecular weight excluding hydrogens is 246 g/mol. The Hall–Kier alpha value is -2.09. The van der Waals surface area contributed by atoms with E-state index in [9.17, 15) is 4.79 Å². The number of anilines is 1. The molecule has 0 aliphatic rings. The summed E-state index contributed by atoms with van der Waals surface area (Å²) in [5.41, 5.74) is 9.84. The zero-order chi connectivity index (χ0) is 14.9. The third-order valence-electron chi connectivity index (χ3n) is 3.68. The van der Waals surface area contributed by atoms with Crippen LogP contribution in [0.25, 0.3) is 0 Å². The van der Waals surface area contributed by atoms with Gasteiger partial charge in [0.2, 0.25) is 0 Å². The number of carbonyl (C=O) groups is 1. The minimum Gasteiger partial charge on any atom is -0.399 e. The maximum atomic E-state index is 12.8. The van der Waals surface area contributed by atoms with Gasteiger partial charge in [-0.05, 0) is 57.5 Å². The first kappa shape index (κ1) is 14.3. The molecule has 0 amide bonds. The molecule has 0 bridgehead atoms. The first-order valence-corrected chi connectivity index (χ1v) is 6.80. The standard InChI is InChI=1S/C18H21NO/c1-12-9-13(2)11-14(10-12)17(20)18(3,4)15-5-7-16(19)8-6-15/h5-11H,19H2,1-4H3. The van der Waals surface area contributed by atoms with Crippen LogP contribution in [0.15, 0.2) is 42.5 Å². The summed E-state index contributed by atoms with van der Waals surface area (Å²) in [4.78, 5) is 12.8. The van der Waals surface area contributed by atoms with E-state index in [0.717, 1.165) is 22.3 Å². The van der Waals surface area contributed by atoms with E-state index in [2.05, 4.69) is 6.07 Å². The number of benzene rings is 2. The van der Waals surface area contributed by atoms with Gasteiger partial charge in [-0.1, -0.05) is 29.3 Å². The molecule has 0 aliphatic carbocycles. The van der Waals surface area contributed by atoms with E-state index in [-0.39, 0.29) is 5.78 Å². The average Bonchev–Trinajstić information content (AvgIpc) is 2.37. The van der Waals surface area contributed by atoms with Gasteiger partial charge in [0.1, 0.15) is 0 Å². The van der Waals surface area contributed by atoms with E-state index in [1.165, 1.54) is 0 Å². The lowest BCUT2D eigenvalue weighted by molar-refractivity contribution is 0.0908. The highest BCUT2D eigenvalue weighted by Gasteiger charge is 2.30. The number of nitrogens with two attached hydrogens (primary N) is 1. The fourth-order valence-electron chi connectivity index (χ4n) is 2.50. The zero-order valence-electron chi connectivity index (χ0n) is 12.5. The fraction of sp³-hybridized carbons (Fsp3) is 0.278. The molecule has 0 heterocycles. The predicted octanol–water partition coefficient (Wildman–Crippen LogP) is 4.05. The smallest absolute Gasteiger partial charge is 0.172 e. The fourth-order valence-corrected chi connectivity index (χ4v) is 2.50. The van der Waals surface area contributed by atoms with Crippen LogP contribution in [0.1, 0.15) is 40.9 Å². The van der Waals surface area contributed by atoms with Gasteiger partial charge in [-0.2, -0.15) is 0 Å². The molecule has 0 radical (unpaired) electrons. The van der Waals surface area contributed by atoms with Gasteiger partial charge in [-0.15, -0.1) is 0 Å². The Balaban J connectivity index is 2.42. The van der Waals surface area contributed by atoms with Gasteiger partial charge in [0, 0.05) is 11.3 Å². The van der Waals surface area contributed by atoms with E-state index in [4.69, 9.17) is 5.73 Å². The van der Waals surface area contributed by atoms with Gasteiger partial charge in [-0.3, -0.25) is 4.79 Å². The maximum absolute atomic E-state index is 12.8. The summed E-state index contributed by atoms with van der Waals surface area (Å²) in [5, 5.41) is 0. The van der Waals surface area contributed by atoms with E-state index in [1.807, 2.05) is 64.1 Å².